The Balaban J connectivity index is 0.000000631. The smallest absolute Gasteiger partial charge is 0.310 e. The van der Waals surface area contributed by atoms with Gasteiger partial charge in [-0.15, -0.1) is 9.24 Å². The highest BCUT2D eigenvalue weighted by Gasteiger charge is 2.22. The molecule has 5 nitrogen and oxygen atoms in total. The third-order valence-corrected chi connectivity index (χ3v) is 7.93. The van der Waals surface area contributed by atoms with Crippen LogP contribution in [0.3, 0.4) is 0 Å². The summed E-state index contributed by atoms with van der Waals surface area (Å²) in [6.45, 7) is 5.21. The van der Waals surface area contributed by atoms with Gasteiger partial charge >= 0.3 is 5.97 Å². The molecule has 0 heterocycles. The average Bonchev–Trinajstić information content (AvgIpc) is 2.93. The Morgan fingerprint density at radius 3 is 2.03 bits per heavy atom. The SMILES string of the molecule is CC(P)C(=O)O.NCC1CCC(CN(Cc2ccc(Oc3ccccc3)cc2)Cc2ccc(Cl)c(Cl)c2)CC1. The monoisotopic (exact) mass is 588 g/mol. The number of halogens is 2. The van der Waals surface area contributed by atoms with E-state index in [9.17, 15) is 4.79 Å². The lowest BCUT2D eigenvalue weighted by molar-refractivity contribution is -0.136. The predicted molar refractivity (Wildman–Crippen MR) is 165 cm³/mol. The quantitative estimate of drug-likeness (QED) is 0.235. The van der Waals surface area contributed by atoms with Crippen molar-refractivity contribution in [3.8, 4) is 11.5 Å². The van der Waals surface area contributed by atoms with Gasteiger partial charge in [-0.2, -0.15) is 0 Å². The number of carboxylic acids is 1. The van der Waals surface area contributed by atoms with Crippen LogP contribution in [0.25, 0.3) is 0 Å². The van der Waals surface area contributed by atoms with Gasteiger partial charge in [0.05, 0.1) is 15.7 Å². The molecule has 39 heavy (non-hydrogen) atoms. The van der Waals surface area contributed by atoms with Gasteiger partial charge in [-0.05, 0) is 98.5 Å². The van der Waals surface area contributed by atoms with E-state index < -0.39 is 5.97 Å². The molecular weight excluding hydrogens is 550 g/mol. The molecule has 2 atom stereocenters. The lowest BCUT2D eigenvalue weighted by atomic mass is 9.82. The van der Waals surface area contributed by atoms with Crippen molar-refractivity contribution in [3.63, 3.8) is 0 Å². The molecular formula is C31H39Cl2N2O3P. The minimum atomic E-state index is -0.778. The number of hydrogen-bond donors (Lipinski definition) is 2. The maximum Gasteiger partial charge on any atom is 0.310 e. The van der Waals surface area contributed by atoms with E-state index in [2.05, 4.69) is 32.3 Å². The number of aliphatic carboxylic acids is 1. The molecule has 3 aromatic carbocycles. The number of para-hydroxylation sites is 1. The summed E-state index contributed by atoms with van der Waals surface area (Å²) in [5.41, 5.74) is 8.04. The fourth-order valence-corrected chi connectivity index (χ4v) is 4.96. The normalized spacial score (nSPS) is 17.7. The van der Waals surface area contributed by atoms with Crippen molar-refractivity contribution < 1.29 is 14.6 Å². The number of hydrogen-bond acceptors (Lipinski definition) is 4. The number of carboxylic acid groups (broad SMARTS) is 1. The number of rotatable bonds is 10. The van der Waals surface area contributed by atoms with Crippen LogP contribution in [-0.2, 0) is 17.9 Å². The van der Waals surface area contributed by atoms with Crippen molar-refractivity contribution in [2.45, 2.75) is 51.4 Å². The second-order valence-electron chi connectivity index (χ2n) is 10.2. The topological polar surface area (TPSA) is 75.8 Å². The van der Waals surface area contributed by atoms with E-state index in [0.29, 0.717) is 21.9 Å². The van der Waals surface area contributed by atoms with Gasteiger partial charge in [0.25, 0.3) is 0 Å². The zero-order chi connectivity index (χ0) is 28.2. The molecule has 3 aromatic rings. The molecule has 8 heteroatoms. The van der Waals surface area contributed by atoms with Gasteiger partial charge in [0.1, 0.15) is 11.5 Å². The number of nitrogens with zero attached hydrogens (tertiary/aromatic N) is 1. The van der Waals surface area contributed by atoms with Crippen LogP contribution in [-0.4, -0.2) is 34.7 Å². The van der Waals surface area contributed by atoms with Crippen molar-refractivity contribution >= 4 is 38.4 Å². The van der Waals surface area contributed by atoms with Crippen LogP contribution < -0.4 is 10.5 Å². The van der Waals surface area contributed by atoms with Crippen molar-refractivity contribution in [2.75, 3.05) is 13.1 Å². The summed E-state index contributed by atoms with van der Waals surface area (Å²) in [6, 6.07) is 24.2. The highest BCUT2D eigenvalue weighted by molar-refractivity contribution is 7.19. The summed E-state index contributed by atoms with van der Waals surface area (Å²) in [6.07, 6.45) is 4.99. The molecule has 0 saturated heterocycles. The Bertz CT molecular complexity index is 1150. The van der Waals surface area contributed by atoms with Gasteiger partial charge in [-0.25, -0.2) is 0 Å². The first kappa shape index (κ1) is 31.4. The predicted octanol–water partition coefficient (Wildman–Crippen LogP) is 7.89. The number of ether oxygens (including phenoxy) is 1. The second kappa shape index (κ2) is 16.2. The minimum Gasteiger partial charge on any atom is -0.481 e. The van der Waals surface area contributed by atoms with Crippen LogP contribution in [0.2, 0.25) is 10.0 Å². The van der Waals surface area contributed by atoms with Gasteiger partial charge in [0, 0.05) is 19.6 Å². The molecule has 1 aliphatic carbocycles. The lowest BCUT2D eigenvalue weighted by Crippen LogP contribution is -2.32. The van der Waals surface area contributed by atoms with Crippen LogP contribution in [0.15, 0.2) is 72.8 Å². The van der Waals surface area contributed by atoms with Crippen molar-refractivity contribution in [1.29, 1.82) is 0 Å². The van der Waals surface area contributed by atoms with Crippen molar-refractivity contribution in [2.24, 2.45) is 17.6 Å². The molecule has 0 radical (unpaired) electrons. The first-order chi connectivity index (χ1) is 18.7. The van der Waals surface area contributed by atoms with Crippen LogP contribution >= 0.6 is 32.4 Å². The molecule has 3 N–H and O–H groups in total. The Labute approximate surface area is 244 Å². The molecule has 0 aromatic heterocycles. The highest BCUT2D eigenvalue weighted by Crippen LogP contribution is 2.30. The Morgan fingerprint density at radius 2 is 1.46 bits per heavy atom. The third kappa shape index (κ3) is 11.1. The van der Waals surface area contributed by atoms with E-state index in [1.54, 1.807) is 6.92 Å². The molecule has 210 valence electrons. The molecule has 1 saturated carbocycles. The number of nitrogens with two attached hydrogens (primary N) is 1. The standard InChI is InChI=1S/C28H32Cl2N2O.C3H7O2P/c29-27-15-12-24(16-28(27)30)20-32(18-22-8-6-21(17-31)7-9-22)19-23-10-13-26(14-11-23)33-25-4-2-1-3-5-25;1-2(6)3(4)5/h1-5,10-16,21-22H,6-9,17-20,31H2;2H,6H2,1H3,(H,4,5). The summed E-state index contributed by atoms with van der Waals surface area (Å²) in [5, 5.41) is 9.18. The van der Waals surface area contributed by atoms with Crippen molar-refractivity contribution in [1.82, 2.24) is 4.90 Å². The van der Waals surface area contributed by atoms with E-state index in [1.807, 2.05) is 54.6 Å². The zero-order valence-electron chi connectivity index (χ0n) is 22.4. The van der Waals surface area contributed by atoms with E-state index in [4.69, 9.17) is 38.8 Å². The molecule has 1 fully saturated rings. The van der Waals surface area contributed by atoms with E-state index in [1.165, 1.54) is 36.8 Å². The lowest BCUT2D eigenvalue weighted by Gasteiger charge is -2.32. The Hall–Kier alpha value is -2.14. The first-order valence-electron chi connectivity index (χ1n) is 13.4. The van der Waals surface area contributed by atoms with Crippen LogP contribution in [0.1, 0.15) is 43.7 Å². The third-order valence-electron chi connectivity index (χ3n) is 6.90. The van der Waals surface area contributed by atoms with Gasteiger partial charge in [0.15, 0.2) is 0 Å². The molecule has 0 aliphatic heterocycles. The summed E-state index contributed by atoms with van der Waals surface area (Å²) >= 11 is 12.4. The largest absolute Gasteiger partial charge is 0.481 e. The van der Waals surface area contributed by atoms with Crippen LogP contribution in [0.5, 0.6) is 11.5 Å². The fraction of sp³-hybridized carbons (Fsp3) is 0.387. The van der Waals surface area contributed by atoms with E-state index in [-0.39, 0.29) is 5.66 Å². The summed E-state index contributed by atoms with van der Waals surface area (Å²) in [7, 11) is 2.17. The maximum atomic E-state index is 9.68. The molecule has 0 bridgehead atoms. The molecule has 4 rings (SSSR count). The molecule has 2 unspecified atom stereocenters. The summed E-state index contributed by atoms with van der Waals surface area (Å²) in [4.78, 5) is 12.2. The average molecular weight is 590 g/mol. The molecule has 0 amide bonds. The van der Waals surface area contributed by atoms with E-state index in [0.717, 1.165) is 37.7 Å². The number of carbonyl (C=O) groups is 1. The fourth-order valence-electron chi connectivity index (χ4n) is 4.64. The highest BCUT2D eigenvalue weighted by atomic mass is 35.5. The summed E-state index contributed by atoms with van der Waals surface area (Å²) < 4.78 is 5.95. The first-order valence-corrected chi connectivity index (χ1v) is 14.8. The van der Waals surface area contributed by atoms with Gasteiger partial charge < -0.3 is 15.6 Å². The minimum absolute atomic E-state index is 0.315. The van der Waals surface area contributed by atoms with Crippen molar-refractivity contribution in [3.05, 3.63) is 94.0 Å². The zero-order valence-corrected chi connectivity index (χ0v) is 25.1. The summed E-state index contributed by atoms with van der Waals surface area (Å²) in [5.74, 6) is 2.32. The maximum absolute atomic E-state index is 9.68. The van der Waals surface area contributed by atoms with Gasteiger partial charge in [0.2, 0.25) is 0 Å². The van der Waals surface area contributed by atoms with Gasteiger partial charge in [-0.1, -0.05) is 59.6 Å². The Kier molecular flexibility index (Phi) is 13.0. The molecule has 1 aliphatic rings. The van der Waals surface area contributed by atoms with Crippen LogP contribution in [0, 0.1) is 11.8 Å². The van der Waals surface area contributed by atoms with Gasteiger partial charge in [-0.3, -0.25) is 9.69 Å². The van der Waals surface area contributed by atoms with Crippen LogP contribution in [0.4, 0.5) is 0 Å². The number of benzene rings is 3. The molecule has 0 spiro atoms. The van der Waals surface area contributed by atoms with E-state index >= 15 is 0 Å². The Morgan fingerprint density at radius 1 is 0.923 bits per heavy atom. The second-order valence-corrected chi connectivity index (χ2v) is 12.0.